The Morgan fingerprint density at radius 1 is 1.30 bits per heavy atom. The SMILES string of the molecule is CC(C)[C@]1(C/C=C/C(=O)OC(C)(C)C)C(=O)Oc2ccccc21. The summed E-state index contributed by atoms with van der Waals surface area (Å²) in [5.41, 5.74) is -0.403. The van der Waals surface area contributed by atoms with Gasteiger partial charge in [-0.15, -0.1) is 0 Å². The Hall–Kier alpha value is -2.10. The summed E-state index contributed by atoms with van der Waals surface area (Å²) in [5, 5.41) is 0. The zero-order chi connectivity index (χ0) is 17.3. The van der Waals surface area contributed by atoms with Crippen LogP contribution < -0.4 is 4.74 Å². The van der Waals surface area contributed by atoms with Crippen LogP contribution in [-0.4, -0.2) is 17.5 Å². The first-order chi connectivity index (χ1) is 10.7. The predicted octanol–water partition coefficient (Wildman–Crippen LogP) is 3.79. The van der Waals surface area contributed by atoms with Crippen LogP contribution in [0.2, 0.25) is 0 Å². The van der Waals surface area contributed by atoms with Crippen molar-refractivity contribution in [3.05, 3.63) is 42.0 Å². The van der Waals surface area contributed by atoms with Gasteiger partial charge in [0.15, 0.2) is 0 Å². The van der Waals surface area contributed by atoms with E-state index < -0.39 is 17.0 Å². The minimum absolute atomic E-state index is 0.0435. The second kappa shape index (κ2) is 6.19. The predicted molar refractivity (Wildman–Crippen MR) is 88.2 cm³/mol. The lowest BCUT2D eigenvalue weighted by Gasteiger charge is -2.29. The molecule has 0 amide bonds. The van der Waals surface area contributed by atoms with Gasteiger partial charge in [-0.1, -0.05) is 38.1 Å². The van der Waals surface area contributed by atoms with Gasteiger partial charge < -0.3 is 9.47 Å². The Morgan fingerprint density at radius 2 is 1.96 bits per heavy atom. The molecule has 0 fully saturated rings. The number of carbonyl (C=O) groups excluding carboxylic acids is 2. The third-order valence-electron chi connectivity index (χ3n) is 4.02. The van der Waals surface area contributed by atoms with Gasteiger partial charge in [0, 0.05) is 11.6 Å². The molecule has 1 aromatic carbocycles. The molecule has 1 aliphatic heterocycles. The van der Waals surface area contributed by atoms with Crippen LogP contribution in [0.4, 0.5) is 0 Å². The maximum atomic E-state index is 12.5. The van der Waals surface area contributed by atoms with Gasteiger partial charge in [0.25, 0.3) is 0 Å². The number of hydrogen-bond acceptors (Lipinski definition) is 4. The van der Waals surface area contributed by atoms with Gasteiger partial charge in [-0.3, -0.25) is 4.79 Å². The highest BCUT2D eigenvalue weighted by Gasteiger charge is 2.50. The molecule has 23 heavy (non-hydrogen) atoms. The summed E-state index contributed by atoms with van der Waals surface area (Å²) in [7, 11) is 0. The van der Waals surface area contributed by atoms with Crippen LogP contribution in [0, 0.1) is 5.92 Å². The molecule has 4 heteroatoms. The van der Waals surface area contributed by atoms with Crippen LogP contribution in [0.5, 0.6) is 5.75 Å². The van der Waals surface area contributed by atoms with E-state index in [0.29, 0.717) is 12.2 Å². The van der Waals surface area contributed by atoms with Crippen molar-refractivity contribution in [3.8, 4) is 5.75 Å². The fraction of sp³-hybridized carbons (Fsp3) is 0.474. The van der Waals surface area contributed by atoms with E-state index in [9.17, 15) is 9.59 Å². The monoisotopic (exact) mass is 316 g/mol. The van der Waals surface area contributed by atoms with Crippen molar-refractivity contribution in [3.63, 3.8) is 0 Å². The number of ether oxygens (including phenoxy) is 2. The molecule has 4 nitrogen and oxygen atoms in total. The summed E-state index contributed by atoms with van der Waals surface area (Å²) < 4.78 is 10.7. The number of fused-ring (bicyclic) bond motifs is 1. The van der Waals surface area contributed by atoms with Crippen molar-refractivity contribution in [1.29, 1.82) is 0 Å². The lowest BCUT2D eigenvalue weighted by Crippen LogP contribution is -2.38. The Morgan fingerprint density at radius 3 is 2.57 bits per heavy atom. The minimum atomic E-state index is -0.755. The molecular formula is C19H24O4. The van der Waals surface area contributed by atoms with Gasteiger partial charge in [0.2, 0.25) is 0 Å². The van der Waals surface area contributed by atoms with Gasteiger partial charge in [-0.25, -0.2) is 4.79 Å². The van der Waals surface area contributed by atoms with E-state index in [4.69, 9.17) is 9.47 Å². The van der Waals surface area contributed by atoms with E-state index in [0.717, 1.165) is 5.56 Å². The number of para-hydroxylation sites is 1. The Kier molecular flexibility index (Phi) is 4.64. The van der Waals surface area contributed by atoms with Crippen molar-refractivity contribution in [2.45, 2.75) is 52.1 Å². The second-order valence-electron chi connectivity index (χ2n) is 7.15. The zero-order valence-electron chi connectivity index (χ0n) is 14.4. The summed E-state index contributed by atoms with van der Waals surface area (Å²) in [4.78, 5) is 24.3. The van der Waals surface area contributed by atoms with E-state index in [1.807, 2.05) is 52.8 Å². The Bertz CT molecular complexity index is 637. The van der Waals surface area contributed by atoms with Crippen LogP contribution in [0.25, 0.3) is 0 Å². The van der Waals surface area contributed by atoms with Crippen LogP contribution in [-0.2, 0) is 19.7 Å². The molecule has 0 saturated heterocycles. The number of hydrogen-bond donors (Lipinski definition) is 0. The molecule has 1 atom stereocenters. The minimum Gasteiger partial charge on any atom is -0.457 e. The summed E-state index contributed by atoms with van der Waals surface area (Å²) in [5.74, 6) is -0.0163. The Balaban J connectivity index is 2.24. The molecule has 124 valence electrons. The molecular weight excluding hydrogens is 292 g/mol. The highest BCUT2D eigenvalue weighted by molar-refractivity contribution is 5.91. The molecule has 0 aromatic heterocycles. The molecule has 0 radical (unpaired) electrons. The number of allylic oxidation sites excluding steroid dienone is 1. The van der Waals surface area contributed by atoms with Crippen LogP contribution >= 0.6 is 0 Å². The number of carbonyl (C=O) groups is 2. The molecule has 0 N–H and O–H groups in total. The quantitative estimate of drug-likeness (QED) is 0.482. The standard InChI is InChI=1S/C19H24O4/c1-13(2)19(12-8-11-16(20)23-18(3,4)5)14-9-6-7-10-15(14)22-17(19)21/h6-11,13H,12H2,1-5H3/b11-8+/t19-/m0/s1. The number of rotatable bonds is 4. The van der Waals surface area contributed by atoms with Crippen molar-refractivity contribution < 1.29 is 19.1 Å². The molecule has 0 spiro atoms. The van der Waals surface area contributed by atoms with Crippen molar-refractivity contribution >= 4 is 11.9 Å². The Labute approximate surface area is 137 Å². The van der Waals surface area contributed by atoms with Crippen molar-refractivity contribution in [1.82, 2.24) is 0 Å². The summed E-state index contributed by atoms with van der Waals surface area (Å²) in [6, 6.07) is 7.46. The van der Waals surface area contributed by atoms with E-state index in [1.165, 1.54) is 6.08 Å². The molecule has 0 aliphatic carbocycles. The van der Waals surface area contributed by atoms with E-state index in [-0.39, 0.29) is 11.9 Å². The van der Waals surface area contributed by atoms with Gasteiger partial charge >= 0.3 is 11.9 Å². The normalized spacial score (nSPS) is 20.7. The first kappa shape index (κ1) is 17.3. The second-order valence-corrected chi connectivity index (χ2v) is 7.15. The fourth-order valence-corrected chi connectivity index (χ4v) is 2.88. The number of esters is 2. The topological polar surface area (TPSA) is 52.6 Å². The largest absolute Gasteiger partial charge is 0.457 e. The third kappa shape index (κ3) is 3.46. The molecule has 2 rings (SSSR count). The van der Waals surface area contributed by atoms with Crippen LogP contribution in [0.3, 0.4) is 0 Å². The molecule has 1 heterocycles. The molecule has 1 aliphatic rings. The van der Waals surface area contributed by atoms with Gasteiger partial charge in [-0.2, -0.15) is 0 Å². The zero-order valence-corrected chi connectivity index (χ0v) is 14.4. The van der Waals surface area contributed by atoms with E-state index in [2.05, 4.69) is 0 Å². The molecule has 1 aromatic rings. The maximum Gasteiger partial charge on any atom is 0.330 e. The maximum absolute atomic E-state index is 12.5. The summed E-state index contributed by atoms with van der Waals surface area (Å²) in [6.45, 7) is 9.44. The molecule has 0 saturated carbocycles. The first-order valence-electron chi connectivity index (χ1n) is 7.88. The molecule has 0 unspecified atom stereocenters. The first-order valence-corrected chi connectivity index (χ1v) is 7.88. The van der Waals surface area contributed by atoms with Crippen LogP contribution in [0.1, 0.15) is 46.6 Å². The van der Waals surface area contributed by atoms with Gasteiger partial charge in [0.1, 0.15) is 16.8 Å². The lowest BCUT2D eigenvalue weighted by atomic mass is 9.70. The number of benzene rings is 1. The highest BCUT2D eigenvalue weighted by Crippen LogP contribution is 2.47. The third-order valence-corrected chi connectivity index (χ3v) is 4.02. The van der Waals surface area contributed by atoms with Crippen LogP contribution in [0.15, 0.2) is 36.4 Å². The van der Waals surface area contributed by atoms with E-state index in [1.54, 1.807) is 12.1 Å². The fourth-order valence-electron chi connectivity index (χ4n) is 2.88. The molecule has 0 bridgehead atoms. The lowest BCUT2D eigenvalue weighted by molar-refractivity contribution is -0.148. The van der Waals surface area contributed by atoms with Crippen molar-refractivity contribution in [2.75, 3.05) is 0 Å². The highest BCUT2D eigenvalue weighted by atomic mass is 16.6. The smallest absolute Gasteiger partial charge is 0.330 e. The van der Waals surface area contributed by atoms with E-state index >= 15 is 0 Å². The van der Waals surface area contributed by atoms with Crippen molar-refractivity contribution in [2.24, 2.45) is 5.92 Å². The summed E-state index contributed by atoms with van der Waals surface area (Å²) in [6.07, 6.45) is 3.50. The average molecular weight is 316 g/mol. The van der Waals surface area contributed by atoms with Gasteiger partial charge in [0.05, 0.1) is 0 Å². The summed E-state index contributed by atoms with van der Waals surface area (Å²) >= 11 is 0. The van der Waals surface area contributed by atoms with Gasteiger partial charge in [-0.05, 0) is 39.2 Å². The average Bonchev–Trinajstić information content (AvgIpc) is 2.70.